The standard InChI is InChI=1S/C21H23N5OS/c27-21(25-8-4-5-9-25)26-12-10-24(11-13-26)19-17-14-18(16-6-2-1-3-7-16)28-20(17)23-15-22-19/h1-3,6-7,14-15H,4-5,8-13H2. The molecular weight excluding hydrogens is 370 g/mol. The van der Waals surface area contributed by atoms with E-state index in [-0.39, 0.29) is 6.03 Å². The minimum atomic E-state index is 0.201. The van der Waals surface area contributed by atoms with E-state index >= 15 is 0 Å². The molecule has 2 aliphatic rings. The Bertz CT molecular complexity index is 975. The van der Waals surface area contributed by atoms with Crippen LogP contribution < -0.4 is 4.90 Å². The number of thiophene rings is 1. The van der Waals surface area contributed by atoms with Crippen molar-refractivity contribution in [2.45, 2.75) is 12.8 Å². The zero-order chi connectivity index (χ0) is 18.9. The summed E-state index contributed by atoms with van der Waals surface area (Å²) in [7, 11) is 0. The number of amides is 2. The van der Waals surface area contributed by atoms with Gasteiger partial charge < -0.3 is 14.7 Å². The molecule has 0 spiro atoms. The van der Waals surface area contributed by atoms with E-state index in [0.717, 1.165) is 68.1 Å². The summed E-state index contributed by atoms with van der Waals surface area (Å²) < 4.78 is 0. The largest absolute Gasteiger partial charge is 0.352 e. The number of anilines is 1. The molecule has 28 heavy (non-hydrogen) atoms. The van der Waals surface area contributed by atoms with Crippen LogP contribution in [-0.2, 0) is 0 Å². The smallest absolute Gasteiger partial charge is 0.320 e. The van der Waals surface area contributed by atoms with Crippen molar-refractivity contribution in [3.63, 3.8) is 0 Å². The molecule has 0 atom stereocenters. The van der Waals surface area contributed by atoms with Gasteiger partial charge in [0, 0.05) is 44.1 Å². The molecular formula is C21H23N5OS. The lowest BCUT2D eigenvalue weighted by Crippen LogP contribution is -2.52. The molecule has 0 N–H and O–H groups in total. The van der Waals surface area contributed by atoms with Gasteiger partial charge in [-0.05, 0) is 24.5 Å². The molecule has 0 aliphatic carbocycles. The lowest BCUT2D eigenvalue weighted by atomic mass is 10.2. The topological polar surface area (TPSA) is 52.6 Å². The summed E-state index contributed by atoms with van der Waals surface area (Å²) in [5.74, 6) is 0.983. The first-order chi connectivity index (χ1) is 13.8. The van der Waals surface area contributed by atoms with Crippen LogP contribution in [0.25, 0.3) is 20.7 Å². The fourth-order valence-corrected chi connectivity index (χ4v) is 5.06. The lowest BCUT2D eigenvalue weighted by Gasteiger charge is -2.37. The Balaban J connectivity index is 1.35. The van der Waals surface area contributed by atoms with Gasteiger partial charge in [-0.2, -0.15) is 0 Å². The van der Waals surface area contributed by atoms with Crippen LogP contribution in [0.15, 0.2) is 42.7 Å². The Morgan fingerprint density at radius 3 is 2.36 bits per heavy atom. The predicted octanol–water partition coefficient (Wildman–Crippen LogP) is 3.70. The van der Waals surface area contributed by atoms with Crippen LogP contribution in [0, 0.1) is 0 Å². The number of likely N-dealkylation sites (tertiary alicyclic amines) is 1. The van der Waals surface area contributed by atoms with Crippen LogP contribution in [0.1, 0.15) is 12.8 Å². The predicted molar refractivity (Wildman–Crippen MR) is 113 cm³/mol. The Morgan fingerprint density at radius 2 is 1.61 bits per heavy atom. The number of hydrogen-bond acceptors (Lipinski definition) is 5. The summed E-state index contributed by atoms with van der Waals surface area (Å²) in [6, 6.07) is 12.8. The van der Waals surface area contributed by atoms with Gasteiger partial charge in [-0.3, -0.25) is 0 Å². The van der Waals surface area contributed by atoms with E-state index < -0.39 is 0 Å². The van der Waals surface area contributed by atoms with Crippen LogP contribution in [-0.4, -0.2) is 65.1 Å². The molecule has 7 heteroatoms. The van der Waals surface area contributed by atoms with Gasteiger partial charge in [0.1, 0.15) is 17.0 Å². The SMILES string of the molecule is O=C(N1CCCC1)N1CCN(c2ncnc3sc(-c4ccccc4)cc23)CC1. The fourth-order valence-electron chi connectivity index (χ4n) is 4.06. The van der Waals surface area contributed by atoms with E-state index in [4.69, 9.17) is 0 Å². The van der Waals surface area contributed by atoms with Crippen molar-refractivity contribution < 1.29 is 4.79 Å². The number of rotatable bonds is 2. The molecule has 0 radical (unpaired) electrons. The molecule has 0 unspecified atom stereocenters. The third-order valence-corrected chi connectivity index (χ3v) is 6.69. The molecule has 2 aliphatic heterocycles. The van der Waals surface area contributed by atoms with Crippen molar-refractivity contribution in [1.29, 1.82) is 0 Å². The number of fused-ring (bicyclic) bond motifs is 1. The van der Waals surface area contributed by atoms with Crippen molar-refractivity contribution in [1.82, 2.24) is 19.8 Å². The van der Waals surface area contributed by atoms with Gasteiger partial charge in [0.25, 0.3) is 0 Å². The highest BCUT2D eigenvalue weighted by Crippen LogP contribution is 2.36. The Kier molecular flexibility index (Phi) is 4.60. The number of benzene rings is 1. The molecule has 0 bridgehead atoms. The summed E-state index contributed by atoms with van der Waals surface area (Å²) in [5.41, 5.74) is 1.21. The molecule has 6 nitrogen and oxygen atoms in total. The second-order valence-corrected chi connectivity index (χ2v) is 8.37. The summed E-state index contributed by atoms with van der Waals surface area (Å²) in [4.78, 5) is 30.2. The number of piperazine rings is 1. The second kappa shape index (κ2) is 7.39. The number of aromatic nitrogens is 2. The first-order valence-electron chi connectivity index (χ1n) is 9.88. The van der Waals surface area contributed by atoms with E-state index in [1.165, 1.54) is 10.4 Å². The van der Waals surface area contributed by atoms with Gasteiger partial charge in [-0.1, -0.05) is 30.3 Å². The Hall–Kier alpha value is -2.67. The zero-order valence-electron chi connectivity index (χ0n) is 15.8. The Labute approximate surface area is 168 Å². The third-order valence-electron chi connectivity index (χ3n) is 5.59. The van der Waals surface area contributed by atoms with E-state index in [9.17, 15) is 4.79 Å². The van der Waals surface area contributed by atoms with Crippen molar-refractivity contribution in [3.8, 4) is 10.4 Å². The van der Waals surface area contributed by atoms with E-state index in [1.54, 1.807) is 17.7 Å². The van der Waals surface area contributed by atoms with Crippen LogP contribution in [0.4, 0.5) is 10.6 Å². The summed E-state index contributed by atoms with van der Waals surface area (Å²) in [5, 5.41) is 1.10. The Morgan fingerprint density at radius 1 is 0.893 bits per heavy atom. The van der Waals surface area contributed by atoms with Crippen molar-refractivity contribution in [3.05, 3.63) is 42.7 Å². The van der Waals surface area contributed by atoms with Crippen LogP contribution in [0.2, 0.25) is 0 Å². The van der Waals surface area contributed by atoms with Gasteiger partial charge in [0.15, 0.2) is 0 Å². The molecule has 5 rings (SSSR count). The molecule has 3 aromatic rings. The molecule has 2 fully saturated rings. The zero-order valence-corrected chi connectivity index (χ0v) is 16.6. The first-order valence-corrected chi connectivity index (χ1v) is 10.7. The maximum absolute atomic E-state index is 12.6. The molecule has 0 saturated carbocycles. The third kappa shape index (κ3) is 3.20. The van der Waals surface area contributed by atoms with E-state index in [2.05, 4.69) is 45.2 Å². The maximum Gasteiger partial charge on any atom is 0.320 e. The van der Waals surface area contributed by atoms with Crippen molar-refractivity contribution >= 4 is 33.4 Å². The monoisotopic (exact) mass is 393 g/mol. The van der Waals surface area contributed by atoms with Gasteiger partial charge in [-0.15, -0.1) is 11.3 Å². The van der Waals surface area contributed by atoms with Gasteiger partial charge in [0.2, 0.25) is 0 Å². The van der Waals surface area contributed by atoms with E-state index in [0.29, 0.717) is 0 Å². The van der Waals surface area contributed by atoms with Crippen molar-refractivity contribution in [2.75, 3.05) is 44.2 Å². The number of hydrogen-bond donors (Lipinski definition) is 0. The van der Waals surface area contributed by atoms with Crippen LogP contribution in [0.5, 0.6) is 0 Å². The minimum Gasteiger partial charge on any atom is -0.352 e. The molecule has 2 aromatic heterocycles. The summed E-state index contributed by atoms with van der Waals surface area (Å²) in [6.07, 6.45) is 3.92. The number of carbonyl (C=O) groups excluding carboxylic acids is 1. The molecule has 2 amide bonds. The van der Waals surface area contributed by atoms with Gasteiger partial charge in [0.05, 0.1) is 5.39 Å². The number of nitrogens with zero attached hydrogens (tertiary/aromatic N) is 5. The molecule has 1 aromatic carbocycles. The molecule has 144 valence electrons. The summed E-state index contributed by atoms with van der Waals surface area (Å²) >= 11 is 1.70. The molecule has 4 heterocycles. The summed E-state index contributed by atoms with van der Waals surface area (Å²) in [6.45, 7) is 4.92. The highest BCUT2D eigenvalue weighted by Gasteiger charge is 2.28. The average Bonchev–Trinajstić information content (AvgIpc) is 3.44. The first kappa shape index (κ1) is 17.4. The normalized spacial score (nSPS) is 17.5. The minimum absolute atomic E-state index is 0.201. The van der Waals surface area contributed by atoms with Crippen LogP contribution in [0.3, 0.4) is 0 Å². The second-order valence-electron chi connectivity index (χ2n) is 7.34. The lowest BCUT2D eigenvalue weighted by molar-refractivity contribution is 0.159. The van der Waals surface area contributed by atoms with Crippen LogP contribution >= 0.6 is 11.3 Å². The van der Waals surface area contributed by atoms with Gasteiger partial charge in [-0.25, -0.2) is 14.8 Å². The molecule has 2 saturated heterocycles. The van der Waals surface area contributed by atoms with E-state index in [1.807, 2.05) is 15.9 Å². The van der Waals surface area contributed by atoms with Gasteiger partial charge >= 0.3 is 6.03 Å². The number of urea groups is 1. The van der Waals surface area contributed by atoms with Crippen molar-refractivity contribution in [2.24, 2.45) is 0 Å². The quantitative estimate of drug-likeness (QED) is 0.666. The highest BCUT2D eigenvalue weighted by atomic mass is 32.1. The maximum atomic E-state index is 12.6. The number of carbonyl (C=O) groups is 1. The fraction of sp³-hybridized carbons (Fsp3) is 0.381. The highest BCUT2D eigenvalue weighted by molar-refractivity contribution is 7.21. The average molecular weight is 394 g/mol.